The fraction of sp³-hybridized carbons (Fsp3) is 0.379. The molecule has 2 heterocycles. The first-order valence-corrected chi connectivity index (χ1v) is 13.5. The molecule has 0 radical (unpaired) electrons. The number of alkyl halides is 1. The number of rotatable bonds is 10. The van der Waals surface area contributed by atoms with Crippen LogP contribution in [0.1, 0.15) is 28.8 Å². The van der Waals surface area contributed by atoms with E-state index in [-0.39, 0.29) is 18.5 Å². The van der Waals surface area contributed by atoms with Gasteiger partial charge in [0.15, 0.2) is 12.2 Å². The average Bonchev–Trinajstić information content (AvgIpc) is 3.52. The Bertz CT molecular complexity index is 1160. The molecule has 1 aliphatic heterocycles. The van der Waals surface area contributed by atoms with E-state index in [0.29, 0.717) is 18.5 Å². The van der Waals surface area contributed by atoms with Crippen molar-refractivity contribution in [1.82, 2.24) is 10.2 Å². The second kappa shape index (κ2) is 12.9. The van der Waals surface area contributed by atoms with Crippen LogP contribution in [-0.2, 0) is 22.4 Å². The van der Waals surface area contributed by atoms with E-state index in [2.05, 4.69) is 28.9 Å². The molecular formula is C29H33FN2O4S. The number of aliphatic hydroxyl groups is 2. The first-order valence-electron chi connectivity index (χ1n) is 12.6. The molecule has 1 fully saturated rings. The second-order valence-corrected chi connectivity index (χ2v) is 10.4. The molecule has 1 aromatic heterocycles. The molecule has 2 aromatic rings. The van der Waals surface area contributed by atoms with Gasteiger partial charge in [-0.1, -0.05) is 60.7 Å². The molecule has 2 amide bonds. The lowest BCUT2D eigenvalue weighted by atomic mass is 9.96. The summed E-state index contributed by atoms with van der Waals surface area (Å²) >= 11 is 1.61. The Morgan fingerprint density at radius 1 is 1.14 bits per heavy atom. The van der Waals surface area contributed by atoms with Crippen molar-refractivity contribution in [2.45, 2.75) is 43.9 Å². The number of benzene rings is 1. The van der Waals surface area contributed by atoms with Gasteiger partial charge in [0.2, 0.25) is 0 Å². The Kier molecular flexibility index (Phi) is 9.44. The van der Waals surface area contributed by atoms with Crippen LogP contribution in [0.4, 0.5) is 4.39 Å². The first-order chi connectivity index (χ1) is 18.0. The number of nitrogens with one attached hydrogen (secondary N) is 1. The number of allylic oxidation sites excluding steroid dienone is 4. The predicted octanol–water partition coefficient (Wildman–Crippen LogP) is 3.35. The van der Waals surface area contributed by atoms with Crippen molar-refractivity contribution in [3.63, 3.8) is 0 Å². The molecule has 4 unspecified atom stereocenters. The number of carbonyl (C=O) groups excluding carboxylic acids is 2. The van der Waals surface area contributed by atoms with E-state index in [1.807, 2.05) is 30.4 Å². The number of likely N-dealkylation sites (tertiary alicyclic amines) is 1. The Labute approximate surface area is 220 Å². The lowest BCUT2D eigenvalue weighted by molar-refractivity contribution is -0.154. The van der Waals surface area contributed by atoms with Gasteiger partial charge in [-0.05, 0) is 53.8 Å². The Balaban J connectivity index is 1.26. The van der Waals surface area contributed by atoms with Gasteiger partial charge in [0.25, 0.3) is 11.8 Å². The summed E-state index contributed by atoms with van der Waals surface area (Å²) in [5.41, 5.74) is 2.99. The molecule has 196 valence electrons. The van der Waals surface area contributed by atoms with Crippen LogP contribution in [0.3, 0.4) is 0 Å². The summed E-state index contributed by atoms with van der Waals surface area (Å²) in [7, 11) is 0. The molecule has 0 spiro atoms. The van der Waals surface area contributed by atoms with Crippen molar-refractivity contribution in [3.05, 3.63) is 93.7 Å². The third-order valence-electron chi connectivity index (χ3n) is 6.81. The van der Waals surface area contributed by atoms with Crippen LogP contribution in [0.25, 0.3) is 0 Å². The van der Waals surface area contributed by atoms with Crippen molar-refractivity contribution in [2.24, 2.45) is 5.92 Å². The molecule has 1 aliphatic carbocycles. The summed E-state index contributed by atoms with van der Waals surface area (Å²) in [6.45, 7) is 0.151. The summed E-state index contributed by atoms with van der Waals surface area (Å²) < 4.78 is 13.0. The zero-order valence-corrected chi connectivity index (χ0v) is 21.4. The normalized spacial score (nSPS) is 20.8. The number of halogens is 1. The summed E-state index contributed by atoms with van der Waals surface area (Å²) in [5.74, 6) is -1.58. The standard InChI is InChI=1S/C29H33FN2O4S/c30-18-21-8-4-9-23(12-11-21)25-10-5-15-32(25)29(36)27(34)26(33)28(35)31-14-13-24-17-22(19-37-24)16-20-6-2-1-3-7-20/h1-4,6-9,11-12,17,19,23,25-27,33-34H,5,10,13-16,18H2,(H,31,35). The van der Waals surface area contributed by atoms with Crippen LogP contribution < -0.4 is 5.32 Å². The number of amides is 2. The number of hydrogen-bond donors (Lipinski definition) is 3. The van der Waals surface area contributed by atoms with E-state index in [4.69, 9.17) is 0 Å². The number of hydrogen-bond acceptors (Lipinski definition) is 5. The molecule has 37 heavy (non-hydrogen) atoms. The van der Waals surface area contributed by atoms with Crippen LogP contribution in [-0.4, -0.2) is 64.9 Å². The van der Waals surface area contributed by atoms with Crippen LogP contribution in [0.5, 0.6) is 0 Å². The van der Waals surface area contributed by atoms with Gasteiger partial charge in [-0.3, -0.25) is 9.59 Å². The maximum Gasteiger partial charge on any atom is 0.254 e. The molecule has 4 atom stereocenters. The Hall–Kier alpha value is -3.07. The number of thiophene rings is 1. The maximum absolute atomic E-state index is 13.0. The van der Waals surface area contributed by atoms with E-state index in [1.165, 1.54) is 16.0 Å². The highest BCUT2D eigenvalue weighted by molar-refractivity contribution is 7.10. The van der Waals surface area contributed by atoms with Crippen LogP contribution in [0, 0.1) is 5.92 Å². The number of nitrogens with zero attached hydrogens (tertiary/aromatic N) is 1. The minimum Gasteiger partial charge on any atom is -0.380 e. The highest BCUT2D eigenvalue weighted by Crippen LogP contribution is 2.28. The molecule has 4 rings (SSSR count). The summed E-state index contributed by atoms with van der Waals surface area (Å²) in [5, 5.41) is 25.7. The highest BCUT2D eigenvalue weighted by atomic mass is 32.1. The molecule has 2 aliphatic rings. The van der Waals surface area contributed by atoms with Gasteiger partial charge in [-0.15, -0.1) is 11.3 Å². The van der Waals surface area contributed by atoms with Crippen molar-refractivity contribution in [2.75, 3.05) is 19.8 Å². The summed E-state index contributed by atoms with van der Waals surface area (Å²) in [6, 6.07) is 12.1. The fourth-order valence-electron chi connectivity index (χ4n) is 4.82. The van der Waals surface area contributed by atoms with Crippen molar-refractivity contribution < 1.29 is 24.2 Å². The Morgan fingerprint density at radius 3 is 2.73 bits per heavy atom. The van der Waals surface area contributed by atoms with Crippen LogP contribution >= 0.6 is 11.3 Å². The van der Waals surface area contributed by atoms with Crippen molar-refractivity contribution in [1.29, 1.82) is 0 Å². The number of carbonyl (C=O) groups is 2. The minimum absolute atomic E-state index is 0.137. The summed E-state index contributed by atoms with van der Waals surface area (Å²) in [4.78, 5) is 28.1. The van der Waals surface area contributed by atoms with Crippen LogP contribution in [0.15, 0.2) is 77.7 Å². The SMILES string of the molecule is O=C(NCCc1cc(Cc2ccccc2)cs1)C(O)C(O)C(=O)N1CCCC1C1C=CC=C(CF)C=C1. The quantitative estimate of drug-likeness (QED) is 0.445. The van der Waals surface area contributed by atoms with Crippen LogP contribution in [0.2, 0.25) is 0 Å². The lowest BCUT2D eigenvalue weighted by Crippen LogP contribution is -2.52. The number of aliphatic hydroxyl groups excluding tert-OH is 2. The molecule has 0 bridgehead atoms. The van der Waals surface area contributed by atoms with Gasteiger partial charge in [0.1, 0.15) is 6.67 Å². The molecular weight excluding hydrogens is 491 g/mol. The van der Waals surface area contributed by atoms with E-state index in [0.717, 1.165) is 24.1 Å². The second-order valence-electron chi connectivity index (χ2n) is 9.45. The summed E-state index contributed by atoms with van der Waals surface area (Å²) in [6.07, 6.45) is 8.14. The monoisotopic (exact) mass is 524 g/mol. The molecule has 1 aromatic carbocycles. The highest BCUT2D eigenvalue weighted by Gasteiger charge is 2.39. The Morgan fingerprint density at radius 2 is 1.95 bits per heavy atom. The zero-order valence-electron chi connectivity index (χ0n) is 20.6. The predicted molar refractivity (Wildman–Crippen MR) is 143 cm³/mol. The van der Waals surface area contributed by atoms with Gasteiger partial charge < -0.3 is 20.4 Å². The minimum atomic E-state index is -1.86. The molecule has 1 saturated heterocycles. The van der Waals surface area contributed by atoms with Gasteiger partial charge in [0, 0.05) is 29.9 Å². The van der Waals surface area contributed by atoms with E-state index < -0.39 is 30.7 Å². The fourth-order valence-corrected chi connectivity index (χ4v) is 5.71. The lowest BCUT2D eigenvalue weighted by Gasteiger charge is -2.31. The zero-order chi connectivity index (χ0) is 26.2. The molecule has 0 saturated carbocycles. The van der Waals surface area contributed by atoms with E-state index in [9.17, 15) is 24.2 Å². The van der Waals surface area contributed by atoms with Gasteiger partial charge >= 0.3 is 0 Å². The largest absolute Gasteiger partial charge is 0.380 e. The van der Waals surface area contributed by atoms with E-state index >= 15 is 0 Å². The van der Waals surface area contributed by atoms with Gasteiger partial charge in [0.05, 0.1) is 0 Å². The van der Waals surface area contributed by atoms with E-state index in [1.54, 1.807) is 29.6 Å². The molecule has 6 nitrogen and oxygen atoms in total. The maximum atomic E-state index is 13.0. The smallest absolute Gasteiger partial charge is 0.254 e. The average molecular weight is 525 g/mol. The molecule has 3 N–H and O–H groups in total. The third kappa shape index (κ3) is 7.03. The van der Waals surface area contributed by atoms with Gasteiger partial charge in [-0.2, -0.15) is 0 Å². The van der Waals surface area contributed by atoms with Crippen molar-refractivity contribution >= 4 is 23.2 Å². The first kappa shape index (κ1) is 27.0. The molecule has 8 heteroatoms. The third-order valence-corrected chi connectivity index (χ3v) is 7.85. The topological polar surface area (TPSA) is 89.9 Å². The van der Waals surface area contributed by atoms with Crippen molar-refractivity contribution in [3.8, 4) is 0 Å². The van der Waals surface area contributed by atoms with Gasteiger partial charge in [-0.25, -0.2) is 4.39 Å².